The number of carbonyl (C=O) groups is 1. The molecular weight excluding hydrogens is 270 g/mol. The van der Waals surface area contributed by atoms with Gasteiger partial charge in [0.05, 0.1) is 5.60 Å². The molecule has 2 rings (SSSR count). The molecule has 0 aliphatic carbocycles. The maximum Gasteiger partial charge on any atom is 0.252 e. The van der Waals surface area contributed by atoms with Gasteiger partial charge in [0.1, 0.15) is 0 Å². The Morgan fingerprint density at radius 1 is 1.25 bits per heavy atom. The minimum atomic E-state index is -0.889. The average Bonchev–Trinajstić information content (AvgIpc) is 2.44. The Balaban J connectivity index is 2.16. The second kappa shape index (κ2) is 6.29. The highest BCUT2D eigenvalue weighted by atomic mass is 32.2. The van der Waals surface area contributed by atoms with Crippen molar-refractivity contribution in [2.75, 3.05) is 18.6 Å². The molecule has 2 aromatic rings. The van der Waals surface area contributed by atoms with Crippen molar-refractivity contribution < 1.29 is 9.90 Å². The van der Waals surface area contributed by atoms with Gasteiger partial charge in [-0.2, -0.15) is 11.8 Å². The lowest BCUT2D eigenvalue weighted by molar-refractivity contribution is 0.0726. The fourth-order valence-electron chi connectivity index (χ4n) is 2.15. The first-order valence-electron chi connectivity index (χ1n) is 6.51. The van der Waals surface area contributed by atoms with Crippen LogP contribution in [0.15, 0.2) is 42.5 Å². The number of thioether (sulfide) groups is 1. The Kier molecular flexibility index (Phi) is 4.68. The normalized spacial score (nSPS) is 13.9. The largest absolute Gasteiger partial charge is 0.387 e. The van der Waals surface area contributed by atoms with E-state index in [0.717, 1.165) is 10.8 Å². The molecule has 0 bridgehead atoms. The molecule has 0 heterocycles. The van der Waals surface area contributed by atoms with Crippen LogP contribution in [-0.2, 0) is 0 Å². The Hall–Kier alpha value is -1.52. The summed E-state index contributed by atoms with van der Waals surface area (Å²) in [6.07, 6.45) is 1.93. The molecule has 1 unspecified atom stereocenters. The van der Waals surface area contributed by atoms with E-state index in [2.05, 4.69) is 5.32 Å². The van der Waals surface area contributed by atoms with Crippen LogP contribution < -0.4 is 5.32 Å². The Bertz CT molecular complexity index is 605. The fourth-order valence-corrected chi connectivity index (χ4v) is 2.88. The molecule has 0 radical (unpaired) electrons. The summed E-state index contributed by atoms with van der Waals surface area (Å²) in [7, 11) is 0. The zero-order valence-electron chi connectivity index (χ0n) is 11.7. The molecule has 0 spiro atoms. The first-order chi connectivity index (χ1) is 9.53. The topological polar surface area (TPSA) is 49.3 Å². The van der Waals surface area contributed by atoms with Crippen molar-refractivity contribution in [2.45, 2.75) is 12.5 Å². The van der Waals surface area contributed by atoms with E-state index >= 15 is 0 Å². The third-order valence-corrected chi connectivity index (χ3v) is 4.03. The molecule has 0 aliphatic heterocycles. The van der Waals surface area contributed by atoms with E-state index in [9.17, 15) is 9.90 Å². The van der Waals surface area contributed by atoms with Gasteiger partial charge in [-0.25, -0.2) is 0 Å². The lowest BCUT2D eigenvalue weighted by atomic mass is 10.0. The van der Waals surface area contributed by atoms with Crippen LogP contribution >= 0.6 is 11.8 Å². The van der Waals surface area contributed by atoms with E-state index in [0.29, 0.717) is 11.3 Å². The molecule has 3 nitrogen and oxygen atoms in total. The van der Waals surface area contributed by atoms with Crippen molar-refractivity contribution in [1.29, 1.82) is 0 Å². The summed E-state index contributed by atoms with van der Waals surface area (Å²) in [6, 6.07) is 13.4. The summed E-state index contributed by atoms with van der Waals surface area (Å²) in [5, 5.41) is 14.9. The third kappa shape index (κ3) is 3.52. The van der Waals surface area contributed by atoms with Crippen LogP contribution in [0.2, 0.25) is 0 Å². The Labute approximate surface area is 123 Å². The van der Waals surface area contributed by atoms with Crippen molar-refractivity contribution in [3.8, 4) is 0 Å². The number of hydrogen-bond donors (Lipinski definition) is 2. The zero-order chi connectivity index (χ0) is 14.6. The van der Waals surface area contributed by atoms with Gasteiger partial charge in [0.2, 0.25) is 0 Å². The standard InChI is InChI=1S/C16H19NO2S/c1-16(19,11-20-2)10-17-15(18)14-9-5-7-12-6-3-4-8-13(12)14/h3-9,19H,10-11H2,1-2H3,(H,17,18). The smallest absolute Gasteiger partial charge is 0.252 e. The molecule has 2 N–H and O–H groups in total. The number of amides is 1. The van der Waals surface area contributed by atoms with Crippen LogP contribution in [0.5, 0.6) is 0 Å². The molecule has 1 amide bonds. The van der Waals surface area contributed by atoms with Gasteiger partial charge in [0.25, 0.3) is 5.91 Å². The van der Waals surface area contributed by atoms with Crippen molar-refractivity contribution in [3.63, 3.8) is 0 Å². The summed E-state index contributed by atoms with van der Waals surface area (Å²) >= 11 is 1.56. The quantitative estimate of drug-likeness (QED) is 0.889. The predicted octanol–water partition coefficient (Wildman–Crippen LogP) is 2.68. The van der Waals surface area contributed by atoms with Crippen molar-refractivity contribution >= 4 is 28.4 Å². The van der Waals surface area contributed by atoms with E-state index in [-0.39, 0.29) is 12.5 Å². The molecule has 1 atom stereocenters. The summed E-state index contributed by atoms with van der Waals surface area (Å²) in [6.45, 7) is 1.97. The molecule has 4 heteroatoms. The number of rotatable bonds is 5. The molecule has 2 aromatic carbocycles. The van der Waals surface area contributed by atoms with Crippen LogP contribution in [0.25, 0.3) is 10.8 Å². The van der Waals surface area contributed by atoms with Gasteiger partial charge in [0.15, 0.2) is 0 Å². The van der Waals surface area contributed by atoms with Gasteiger partial charge in [-0.1, -0.05) is 36.4 Å². The minimum absolute atomic E-state index is 0.150. The Morgan fingerprint density at radius 2 is 1.95 bits per heavy atom. The summed E-state index contributed by atoms with van der Waals surface area (Å²) < 4.78 is 0. The van der Waals surface area contributed by atoms with E-state index in [4.69, 9.17) is 0 Å². The summed E-state index contributed by atoms with van der Waals surface area (Å²) in [4.78, 5) is 12.3. The number of carbonyl (C=O) groups excluding carboxylic acids is 1. The van der Waals surface area contributed by atoms with Gasteiger partial charge in [0, 0.05) is 17.9 Å². The molecule has 0 aromatic heterocycles. The minimum Gasteiger partial charge on any atom is -0.387 e. The van der Waals surface area contributed by atoms with E-state index < -0.39 is 5.60 Å². The van der Waals surface area contributed by atoms with Crippen LogP contribution in [0.3, 0.4) is 0 Å². The van der Waals surface area contributed by atoms with Gasteiger partial charge in [-0.05, 0) is 30.0 Å². The second-order valence-electron chi connectivity index (χ2n) is 5.14. The lowest BCUT2D eigenvalue weighted by Gasteiger charge is -2.22. The number of fused-ring (bicyclic) bond motifs is 1. The zero-order valence-corrected chi connectivity index (χ0v) is 12.5. The third-order valence-electron chi connectivity index (χ3n) is 3.12. The van der Waals surface area contributed by atoms with Gasteiger partial charge < -0.3 is 10.4 Å². The molecular formula is C16H19NO2S. The fraction of sp³-hybridized carbons (Fsp3) is 0.312. The monoisotopic (exact) mass is 289 g/mol. The molecule has 20 heavy (non-hydrogen) atoms. The van der Waals surface area contributed by atoms with E-state index in [1.807, 2.05) is 42.7 Å². The van der Waals surface area contributed by atoms with Crippen molar-refractivity contribution in [3.05, 3.63) is 48.0 Å². The van der Waals surface area contributed by atoms with Gasteiger partial charge in [-0.15, -0.1) is 0 Å². The molecule has 0 aliphatic rings. The Morgan fingerprint density at radius 3 is 2.70 bits per heavy atom. The molecule has 0 saturated heterocycles. The highest BCUT2D eigenvalue weighted by Gasteiger charge is 2.21. The SMILES string of the molecule is CSCC(C)(O)CNC(=O)c1cccc2ccccc12. The van der Waals surface area contributed by atoms with Crippen LogP contribution in [0.4, 0.5) is 0 Å². The van der Waals surface area contributed by atoms with Gasteiger partial charge >= 0.3 is 0 Å². The maximum atomic E-state index is 12.3. The molecule has 106 valence electrons. The van der Waals surface area contributed by atoms with Crippen LogP contribution in [0, 0.1) is 0 Å². The van der Waals surface area contributed by atoms with E-state index in [1.165, 1.54) is 0 Å². The second-order valence-corrected chi connectivity index (χ2v) is 6.01. The van der Waals surface area contributed by atoms with Crippen LogP contribution in [0.1, 0.15) is 17.3 Å². The number of benzene rings is 2. The first-order valence-corrected chi connectivity index (χ1v) is 7.90. The highest BCUT2D eigenvalue weighted by Crippen LogP contribution is 2.18. The summed E-state index contributed by atoms with van der Waals surface area (Å²) in [5.74, 6) is 0.436. The predicted molar refractivity (Wildman–Crippen MR) is 85.3 cm³/mol. The lowest BCUT2D eigenvalue weighted by Crippen LogP contribution is -2.42. The van der Waals surface area contributed by atoms with E-state index in [1.54, 1.807) is 24.8 Å². The summed E-state index contributed by atoms with van der Waals surface area (Å²) in [5.41, 5.74) is -0.248. The maximum absolute atomic E-state index is 12.3. The highest BCUT2D eigenvalue weighted by molar-refractivity contribution is 7.98. The number of hydrogen-bond acceptors (Lipinski definition) is 3. The number of nitrogens with one attached hydrogen (secondary N) is 1. The van der Waals surface area contributed by atoms with Crippen molar-refractivity contribution in [2.24, 2.45) is 0 Å². The molecule has 0 saturated carbocycles. The first kappa shape index (κ1) is 14.9. The van der Waals surface area contributed by atoms with Crippen molar-refractivity contribution in [1.82, 2.24) is 5.32 Å². The van der Waals surface area contributed by atoms with Crippen LogP contribution in [-0.4, -0.2) is 35.2 Å². The molecule has 0 fully saturated rings. The van der Waals surface area contributed by atoms with Gasteiger partial charge in [-0.3, -0.25) is 4.79 Å². The number of aliphatic hydroxyl groups is 1. The average molecular weight is 289 g/mol.